The van der Waals surface area contributed by atoms with Crippen molar-refractivity contribution in [3.63, 3.8) is 0 Å². The third-order valence-corrected chi connectivity index (χ3v) is 6.09. The van der Waals surface area contributed by atoms with Gasteiger partial charge in [-0.3, -0.25) is 14.9 Å². The molecule has 0 saturated carbocycles. The summed E-state index contributed by atoms with van der Waals surface area (Å²) in [6.45, 7) is 2.98. The highest BCUT2D eigenvalue weighted by atomic mass is 32.2. The molecule has 0 amide bonds. The largest absolute Gasteiger partial charge is 0.481 e. The predicted molar refractivity (Wildman–Crippen MR) is 81.7 cm³/mol. The van der Waals surface area contributed by atoms with Crippen LogP contribution in [0.2, 0.25) is 0 Å². The van der Waals surface area contributed by atoms with E-state index in [1.165, 1.54) is 26.0 Å². The van der Waals surface area contributed by atoms with Crippen molar-refractivity contribution in [1.82, 2.24) is 4.31 Å². The van der Waals surface area contributed by atoms with Crippen LogP contribution >= 0.6 is 0 Å². The first-order chi connectivity index (χ1) is 10.7. The lowest BCUT2D eigenvalue weighted by Crippen LogP contribution is -2.42. The zero-order chi connectivity index (χ0) is 17.4. The van der Waals surface area contributed by atoms with Gasteiger partial charge in [0.25, 0.3) is 5.69 Å². The summed E-state index contributed by atoms with van der Waals surface area (Å²) in [5.41, 5.74) is 0.0909. The van der Waals surface area contributed by atoms with Gasteiger partial charge >= 0.3 is 5.97 Å². The minimum absolute atomic E-state index is 0.163. The molecular weight excluding hydrogens is 324 g/mol. The standard InChI is InChI=1S/C14H18N2O6S/c1-9-5-6-10(2)13(12(9)16(19)20)23(21,22)15-7-3-4-11(8-15)14(17)18/h5-6,11H,3-4,7-8H2,1-2H3,(H,17,18). The van der Waals surface area contributed by atoms with Crippen LogP contribution in [0.4, 0.5) is 5.69 Å². The van der Waals surface area contributed by atoms with Crippen molar-refractivity contribution in [1.29, 1.82) is 0 Å². The maximum Gasteiger partial charge on any atom is 0.307 e. The topological polar surface area (TPSA) is 118 Å². The number of nitrogens with zero attached hydrogens (tertiary/aromatic N) is 2. The van der Waals surface area contributed by atoms with Gasteiger partial charge in [0.15, 0.2) is 4.90 Å². The Bertz CT molecular complexity index is 759. The fraction of sp³-hybridized carbons (Fsp3) is 0.500. The zero-order valence-corrected chi connectivity index (χ0v) is 13.7. The lowest BCUT2D eigenvalue weighted by atomic mass is 10.0. The Morgan fingerprint density at radius 2 is 1.96 bits per heavy atom. The number of hydrogen-bond acceptors (Lipinski definition) is 5. The zero-order valence-electron chi connectivity index (χ0n) is 12.9. The molecule has 9 heteroatoms. The minimum Gasteiger partial charge on any atom is -0.481 e. The van der Waals surface area contributed by atoms with Crippen molar-refractivity contribution >= 4 is 21.7 Å². The number of carboxylic acid groups (broad SMARTS) is 1. The quantitative estimate of drug-likeness (QED) is 0.657. The van der Waals surface area contributed by atoms with Crippen molar-refractivity contribution in [2.75, 3.05) is 13.1 Å². The van der Waals surface area contributed by atoms with Gasteiger partial charge in [-0.1, -0.05) is 12.1 Å². The molecule has 23 heavy (non-hydrogen) atoms. The van der Waals surface area contributed by atoms with E-state index in [2.05, 4.69) is 0 Å². The predicted octanol–water partition coefficient (Wildman–Crippen LogP) is 1.70. The van der Waals surface area contributed by atoms with Gasteiger partial charge in [-0.25, -0.2) is 8.42 Å². The highest BCUT2D eigenvalue weighted by molar-refractivity contribution is 7.89. The fourth-order valence-electron chi connectivity index (χ4n) is 2.81. The van der Waals surface area contributed by atoms with E-state index in [-0.39, 0.29) is 29.1 Å². The molecule has 8 nitrogen and oxygen atoms in total. The van der Waals surface area contributed by atoms with Gasteiger partial charge in [0.1, 0.15) is 0 Å². The number of carboxylic acids is 1. The minimum atomic E-state index is -4.13. The van der Waals surface area contributed by atoms with E-state index in [9.17, 15) is 23.3 Å². The second kappa shape index (κ2) is 6.25. The second-order valence-electron chi connectivity index (χ2n) is 5.67. The Hall–Kier alpha value is -2.00. The summed E-state index contributed by atoms with van der Waals surface area (Å²) < 4.78 is 26.8. The molecule has 0 aromatic heterocycles. The summed E-state index contributed by atoms with van der Waals surface area (Å²) in [6, 6.07) is 3.02. The number of benzene rings is 1. The van der Waals surface area contributed by atoms with Gasteiger partial charge in [-0.05, 0) is 32.3 Å². The summed E-state index contributed by atoms with van der Waals surface area (Å²) in [6.07, 6.45) is 0.811. The number of rotatable bonds is 4. The number of aliphatic carboxylic acids is 1. The number of sulfonamides is 1. The second-order valence-corrected chi connectivity index (χ2v) is 7.55. The molecule has 2 rings (SSSR count). The van der Waals surface area contributed by atoms with Gasteiger partial charge in [-0.2, -0.15) is 4.31 Å². The Labute approximate surface area is 133 Å². The van der Waals surface area contributed by atoms with Crippen LogP contribution in [0.3, 0.4) is 0 Å². The third-order valence-electron chi connectivity index (χ3n) is 4.04. The maximum absolute atomic E-state index is 12.9. The molecule has 1 aliphatic heterocycles. The molecule has 1 heterocycles. The monoisotopic (exact) mass is 342 g/mol. The van der Waals surface area contributed by atoms with E-state index in [0.29, 0.717) is 12.8 Å². The summed E-state index contributed by atoms with van der Waals surface area (Å²) >= 11 is 0. The molecule has 1 aromatic carbocycles. The Balaban J connectivity index is 2.54. The third kappa shape index (κ3) is 3.20. The molecule has 1 aromatic rings. The van der Waals surface area contributed by atoms with Crippen molar-refractivity contribution < 1.29 is 23.2 Å². The SMILES string of the molecule is Cc1ccc(C)c(S(=O)(=O)N2CCCC(C(=O)O)C2)c1[N+](=O)[O-]. The van der Waals surface area contributed by atoms with Crippen LogP contribution in [-0.4, -0.2) is 41.8 Å². The highest BCUT2D eigenvalue weighted by Gasteiger charge is 2.38. The number of nitro groups is 1. The van der Waals surface area contributed by atoms with Crippen LogP contribution in [0.5, 0.6) is 0 Å². The van der Waals surface area contributed by atoms with Gasteiger partial charge in [0.05, 0.1) is 10.8 Å². The summed E-state index contributed by atoms with van der Waals surface area (Å²) in [5, 5.41) is 20.4. The average Bonchev–Trinajstić information content (AvgIpc) is 2.48. The van der Waals surface area contributed by atoms with Crippen LogP contribution in [0, 0.1) is 29.9 Å². The Kier molecular flexibility index (Phi) is 4.71. The van der Waals surface area contributed by atoms with Crippen LogP contribution < -0.4 is 0 Å². The van der Waals surface area contributed by atoms with Crippen molar-refractivity contribution in [2.45, 2.75) is 31.6 Å². The molecule has 1 saturated heterocycles. The van der Waals surface area contributed by atoms with Gasteiger partial charge in [0.2, 0.25) is 10.0 Å². The molecule has 126 valence electrons. The first-order valence-electron chi connectivity index (χ1n) is 7.13. The molecule has 1 fully saturated rings. The number of nitro benzene ring substituents is 1. The van der Waals surface area contributed by atoms with E-state index in [4.69, 9.17) is 5.11 Å². The Morgan fingerprint density at radius 3 is 2.52 bits per heavy atom. The van der Waals surface area contributed by atoms with E-state index >= 15 is 0 Å². The molecule has 0 bridgehead atoms. The lowest BCUT2D eigenvalue weighted by molar-refractivity contribution is -0.388. The van der Waals surface area contributed by atoms with Gasteiger partial charge in [0, 0.05) is 18.7 Å². The molecular formula is C14H18N2O6S. The summed E-state index contributed by atoms with van der Waals surface area (Å²) in [4.78, 5) is 21.4. The van der Waals surface area contributed by atoms with Crippen molar-refractivity contribution in [2.24, 2.45) is 5.92 Å². The molecule has 0 radical (unpaired) electrons. The van der Waals surface area contributed by atoms with E-state index in [1.807, 2.05) is 0 Å². The van der Waals surface area contributed by atoms with E-state index < -0.39 is 32.5 Å². The van der Waals surface area contributed by atoms with Crippen LogP contribution in [-0.2, 0) is 14.8 Å². The summed E-state index contributed by atoms with van der Waals surface area (Å²) in [7, 11) is -4.13. The van der Waals surface area contributed by atoms with Crippen LogP contribution in [0.1, 0.15) is 24.0 Å². The number of piperidine rings is 1. The number of aryl methyl sites for hydroxylation is 2. The first-order valence-corrected chi connectivity index (χ1v) is 8.57. The smallest absolute Gasteiger partial charge is 0.307 e. The van der Waals surface area contributed by atoms with E-state index in [0.717, 1.165) is 4.31 Å². The average molecular weight is 342 g/mol. The van der Waals surface area contributed by atoms with Gasteiger partial charge < -0.3 is 5.11 Å². The Morgan fingerprint density at radius 1 is 1.35 bits per heavy atom. The molecule has 0 aliphatic carbocycles. The van der Waals surface area contributed by atoms with Crippen LogP contribution in [0.15, 0.2) is 17.0 Å². The van der Waals surface area contributed by atoms with Crippen molar-refractivity contribution in [3.05, 3.63) is 33.4 Å². The number of carbonyl (C=O) groups is 1. The van der Waals surface area contributed by atoms with E-state index in [1.54, 1.807) is 0 Å². The molecule has 1 aliphatic rings. The highest BCUT2D eigenvalue weighted by Crippen LogP contribution is 2.34. The molecule has 0 spiro atoms. The fourth-order valence-corrected chi connectivity index (χ4v) is 4.77. The normalized spacial score (nSPS) is 19.5. The molecule has 1 atom stereocenters. The number of hydrogen-bond donors (Lipinski definition) is 1. The molecule has 1 unspecified atom stereocenters. The van der Waals surface area contributed by atoms with Crippen molar-refractivity contribution in [3.8, 4) is 0 Å². The van der Waals surface area contributed by atoms with Crippen LogP contribution in [0.25, 0.3) is 0 Å². The summed E-state index contributed by atoms with van der Waals surface area (Å²) in [5.74, 6) is -1.84. The van der Waals surface area contributed by atoms with Gasteiger partial charge in [-0.15, -0.1) is 0 Å². The lowest BCUT2D eigenvalue weighted by Gasteiger charge is -2.30. The maximum atomic E-state index is 12.9. The first kappa shape index (κ1) is 17.4. The molecule has 1 N–H and O–H groups in total.